The Morgan fingerprint density at radius 3 is 2.43 bits per heavy atom. The number of amides is 3. The molecular formula is C10H8N2O2. The predicted molar refractivity (Wildman–Crippen MR) is 51.1 cm³/mol. The highest BCUT2D eigenvalue weighted by Crippen LogP contribution is 2.04. The van der Waals surface area contributed by atoms with Crippen molar-refractivity contribution in [3.8, 4) is 0 Å². The molecule has 0 aliphatic carbocycles. The van der Waals surface area contributed by atoms with E-state index < -0.39 is 6.03 Å². The van der Waals surface area contributed by atoms with Gasteiger partial charge in [-0.05, 0) is 5.56 Å². The Morgan fingerprint density at radius 1 is 1.14 bits per heavy atom. The molecule has 0 atom stereocenters. The summed E-state index contributed by atoms with van der Waals surface area (Å²) in [5, 5.41) is 2.11. The van der Waals surface area contributed by atoms with E-state index in [2.05, 4.69) is 10.3 Å². The van der Waals surface area contributed by atoms with Gasteiger partial charge in [0.1, 0.15) is 5.71 Å². The lowest BCUT2D eigenvalue weighted by molar-refractivity contribution is -0.113. The molecule has 1 aromatic rings. The number of carbonyl (C=O) groups excluding carboxylic acids is 2. The first kappa shape index (κ1) is 8.62. The number of hydrogen-bond donors (Lipinski definition) is 1. The Hall–Kier alpha value is -1.97. The molecule has 0 spiro atoms. The standard InChI is InChI=1S/C10H8N2O2/c13-9-8(11-10(14)12-9)6-7-4-2-1-3-5-7/h1-5H,6H2,(H,12,13,14). The van der Waals surface area contributed by atoms with Crippen LogP contribution in [-0.2, 0) is 11.2 Å². The van der Waals surface area contributed by atoms with Crippen molar-refractivity contribution in [3.63, 3.8) is 0 Å². The zero-order valence-corrected chi connectivity index (χ0v) is 7.36. The normalized spacial score (nSPS) is 15.3. The molecule has 0 radical (unpaired) electrons. The van der Waals surface area contributed by atoms with Crippen LogP contribution >= 0.6 is 0 Å². The number of aliphatic imine (C=N–C) groups is 1. The Bertz CT molecular complexity index is 409. The number of nitrogens with zero attached hydrogens (tertiary/aromatic N) is 1. The second kappa shape index (κ2) is 3.41. The van der Waals surface area contributed by atoms with Gasteiger partial charge < -0.3 is 0 Å². The minimum absolute atomic E-state index is 0.279. The highest BCUT2D eigenvalue weighted by molar-refractivity contribution is 6.46. The van der Waals surface area contributed by atoms with Crippen LogP contribution in [0.2, 0.25) is 0 Å². The van der Waals surface area contributed by atoms with Crippen LogP contribution in [0.25, 0.3) is 0 Å². The molecule has 1 heterocycles. The smallest absolute Gasteiger partial charge is 0.271 e. The van der Waals surface area contributed by atoms with E-state index in [0.717, 1.165) is 5.56 Å². The van der Waals surface area contributed by atoms with E-state index in [1.54, 1.807) is 0 Å². The Kier molecular flexibility index (Phi) is 2.10. The van der Waals surface area contributed by atoms with Crippen LogP contribution < -0.4 is 5.32 Å². The molecule has 4 nitrogen and oxygen atoms in total. The summed E-state index contributed by atoms with van der Waals surface area (Å²) < 4.78 is 0. The highest BCUT2D eigenvalue weighted by atomic mass is 16.2. The maximum Gasteiger partial charge on any atom is 0.348 e. The SMILES string of the molecule is O=C1N=C(Cc2ccccc2)C(=O)N1. The van der Waals surface area contributed by atoms with Crippen molar-refractivity contribution in [1.82, 2.24) is 5.32 Å². The Balaban J connectivity index is 2.16. The summed E-state index contributed by atoms with van der Waals surface area (Å²) >= 11 is 0. The average molecular weight is 188 g/mol. The lowest BCUT2D eigenvalue weighted by Crippen LogP contribution is -2.26. The summed E-state index contributed by atoms with van der Waals surface area (Å²) in [6.45, 7) is 0. The summed E-state index contributed by atoms with van der Waals surface area (Å²) in [5.74, 6) is -0.390. The van der Waals surface area contributed by atoms with Gasteiger partial charge in [-0.3, -0.25) is 10.1 Å². The second-order valence-electron chi connectivity index (χ2n) is 2.98. The minimum Gasteiger partial charge on any atom is -0.271 e. The molecule has 0 aromatic heterocycles. The molecular weight excluding hydrogens is 180 g/mol. The van der Waals surface area contributed by atoms with E-state index in [1.165, 1.54) is 0 Å². The molecule has 1 aromatic carbocycles. The van der Waals surface area contributed by atoms with E-state index in [4.69, 9.17) is 0 Å². The van der Waals surface area contributed by atoms with Crippen LogP contribution in [0.15, 0.2) is 35.3 Å². The third-order valence-corrected chi connectivity index (χ3v) is 1.93. The summed E-state index contributed by atoms with van der Waals surface area (Å²) in [7, 11) is 0. The first-order chi connectivity index (χ1) is 6.75. The molecule has 2 rings (SSSR count). The van der Waals surface area contributed by atoms with Crippen LogP contribution in [0.1, 0.15) is 5.56 Å². The van der Waals surface area contributed by atoms with Crippen molar-refractivity contribution in [1.29, 1.82) is 0 Å². The number of imide groups is 1. The van der Waals surface area contributed by atoms with Crippen LogP contribution in [-0.4, -0.2) is 17.6 Å². The van der Waals surface area contributed by atoms with E-state index in [1.807, 2.05) is 30.3 Å². The first-order valence-corrected chi connectivity index (χ1v) is 4.22. The molecule has 0 fully saturated rings. The number of hydrogen-bond acceptors (Lipinski definition) is 2. The van der Waals surface area contributed by atoms with Crippen molar-refractivity contribution < 1.29 is 9.59 Å². The molecule has 4 heteroatoms. The van der Waals surface area contributed by atoms with Gasteiger partial charge in [-0.2, -0.15) is 4.99 Å². The largest absolute Gasteiger partial charge is 0.348 e. The van der Waals surface area contributed by atoms with Crippen molar-refractivity contribution in [3.05, 3.63) is 35.9 Å². The maximum absolute atomic E-state index is 11.1. The molecule has 0 bridgehead atoms. The highest BCUT2D eigenvalue weighted by Gasteiger charge is 2.22. The molecule has 1 aliphatic rings. The van der Waals surface area contributed by atoms with Crippen molar-refractivity contribution in [2.45, 2.75) is 6.42 Å². The van der Waals surface area contributed by atoms with Gasteiger partial charge in [0.2, 0.25) is 0 Å². The summed E-state index contributed by atoms with van der Waals surface area (Å²) in [5.41, 5.74) is 1.25. The predicted octanol–water partition coefficient (Wildman–Crippen LogP) is 0.920. The fourth-order valence-corrected chi connectivity index (χ4v) is 1.28. The number of urea groups is 1. The molecule has 70 valence electrons. The molecule has 3 amide bonds. The number of benzene rings is 1. The van der Waals surface area contributed by atoms with E-state index >= 15 is 0 Å². The van der Waals surface area contributed by atoms with E-state index in [0.29, 0.717) is 6.42 Å². The number of nitrogens with one attached hydrogen (secondary N) is 1. The van der Waals surface area contributed by atoms with Crippen molar-refractivity contribution in [2.75, 3.05) is 0 Å². The van der Waals surface area contributed by atoms with E-state index in [9.17, 15) is 9.59 Å². The van der Waals surface area contributed by atoms with Gasteiger partial charge in [0.05, 0.1) is 0 Å². The fourth-order valence-electron chi connectivity index (χ4n) is 1.28. The summed E-state index contributed by atoms with van der Waals surface area (Å²) in [6.07, 6.45) is 0.401. The van der Waals surface area contributed by atoms with Gasteiger partial charge >= 0.3 is 6.03 Å². The van der Waals surface area contributed by atoms with Crippen molar-refractivity contribution in [2.24, 2.45) is 4.99 Å². The molecule has 0 unspecified atom stereocenters. The second-order valence-corrected chi connectivity index (χ2v) is 2.98. The Morgan fingerprint density at radius 2 is 1.86 bits per heavy atom. The zero-order chi connectivity index (χ0) is 9.97. The quantitative estimate of drug-likeness (QED) is 0.750. The van der Waals surface area contributed by atoms with Gasteiger partial charge in [0.25, 0.3) is 5.91 Å². The monoisotopic (exact) mass is 188 g/mol. The first-order valence-electron chi connectivity index (χ1n) is 4.22. The van der Waals surface area contributed by atoms with E-state index in [-0.39, 0.29) is 11.6 Å². The van der Waals surface area contributed by atoms with Gasteiger partial charge in [-0.15, -0.1) is 0 Å². The number of carbonyl (C=O) groups is 2. The van der Waals surface area contributed by atoms with Crippen LogP contribution in [0.3, 0.4) is 0 Å². The van der Waals surface area contributed by atoms with Crippen LogP contribution in [0, 0.1) is 0 Å². The van der Waals surface area contributed by atoms with Crippen LogP contribution in [0.5, 0.6) is 0 Å². The third-order valence-electron chi connectivity index (χ3n) is 1.93. The zero-order valence-electron chi connectivity index (χ0n) is 7.36. The molecule has 0 saturated carbocycles. The summed E-state index contributed by atoms with van der Waals surface area (Å²) in [4.78, 5) is 25.4. The van der Waals surface area contributed by atoms with Gasteiger partial charge in [-0.1, -0.05) is 30.3 Å². The van der Waals surface area contributed by atoms with Gasteiger partial charge in [-0.25, -0.2) is 4.79 Å². The Labute approximate surface area is 80.7 Å². The number of rotatable bonds is 2. The molecule has 1 aliphatic heterocycles. The molecule has 14 heavy (non-hydrogen) atoms. The topological polar surface area (TPSA) is 58.5 Å². The molecule has 0 saturated heterocycles. The fraction of sp³-hybridized carbons (Fsp3) is 0.100. The van der Waals surface area contributed by atoms with Crippen molar-refractivity contribution >= 4 is 17.6 Å². The lowest BCUT2D eigenvalue weighted by Gasteiger charge is -1.97. The van der Waals surface area contributed by atoms with Crippen LogP contribution in [0.4, 0.5) is 4.79 Å². The lowest BCUT2D eigenvalue weighted by atomic mass is 10.1. The maximum atomic E-state index is 11.1. The third kappa shape index (κ3) is 1.69. The summed E-state index contributed by atoms with van der Waals surface area (Å²) in [6, 6.07) is 8.86. The minimum atomic E-state index is -0.569. The van der Waals surface area contributed by atoms with Gasteiger partial charge in [0.15, 0.2) is 0 Å². The molecule has 1 N–H and O–H groups in total. The average Bonchev–Trinajstić information content (AvgIpc) is 2.47. The van der Waals surface area contributed by atoms with Gasteiger partial charge in [0, 0.05) is 6.42 Å².